The fourth-order valence-corrected chi connectivity index (χ4v) is 2.91. The van der Waals surface area contributed by atoms with Gasteiger partial charge in [-0.3, -0.25) is 14.9 Å². The number of thiazole rings is 1. The highest BCUT2D eigenvalue weighted by atomic mass is 32.1. The van der Waals surface area contributed by atoms with Crippen molar-refractivity contribution in [3.63, 3.8) is 0 Å². The number of anilines is 1. The van der Waals surface area contributed by atoms with Crippen molar-refractivity contribution in [1.29, 1.82) is 0 Å². The molecule has 7 heteroatoms. The van der Waals surface area contributed by atoms with Crippen molar-refractivity contribution in [1.82, 2.24) is 4.98 Å². The van der Waals surface area contributed by atoms with Crippen LogP contribution in [0.1, 0.15) is 20.9 Å². The van der Waals surface area contributed by atoms with Crippen molar-refractivity contribution in [3.8, 4) is 0 Å². The topological polar surface area (TPSA) is 85.1 Å². The Morgan fingerprint density at radius 3 is 2.83 bits per heavy atom. The molecular weight excluding hydrogens is 270 g/mol. The van der Waals surface area contributed by atoms with Gasteiger partial charge >= 0.3 is 0 Å². The van der Waals surface area contributed by atoms with Crippen LogP contribution in [0.3, 0.4) is 0 Å². The van der Waals surface area contributed by atoms with E-state index in [1.807, 2.05) is 18.4 Å². The van der Waals surface area contributed by atoms with E-state index in [9.17, 15) is 9.59 Å². The van der Waals surface area contributed by atoms with Crippen molar-refractivity contribution in [2.24, 2.45) is 5.73 Å². The Morgan fingerprint density at radius 2 is 2.22 bits per heavy atom. The number of amides is 2. The third kappa shape index (κ3) is 2.93. The molecule has 0 saturated heterocycles. The Morgan fingerprint density at radius 1 is 1.44 bits per heavy atom. The number of aryl methyl sites for hydroxylation is 1. The molecule has 0 aliphatic heterocycles. The van der Waals surface area contributed by atoms with E-state index in [0.717, 1.165) is 5.56 Å². The van der Waals surface area contributed by atoms with Gasteiger partial charge in [0.25, 0.3) is 5.91 Å². The van der Waals surface area contributed by atoms with Gasteiger partial charge in [0.1, 0.15) is 0 Å². The third-order valence-electron chi connectivity index (χ3n) is 2.20. The molecule has 94 valence electrons. The summed E-state index contributed by atoms with van der Waals surface area (Å²) < 4.78 is 0. The van der Waals surface area contributed by atoms with Crippen molar-refractivity contribution < 1.29 is 9.59 Å². The van der Waals surface area contributed by atoms with Crippen LogP contribution in [0.2, 0.25) is 0 Å². The number of nitrogens with one attached hydrogen (secondary N) is 1. The second kappa shape index (κ2) is 5.28. The lowest BCUT2D eigenvalue weighted by Crippen LogP contribution is -2.14. The fourth-order valence-electron chi connectivity index (χ4n) is 1.38. The van der Waals surface area contributed by atoms with Gasteiger partial charge < -0.3 is 5.73 Å². The molecule has 3 N–H and O–H groups in total. The lowest BCUT2D eigenvalue weighted by atomic mass is 10.3. The molecule has 0 unspecified atom stereocenters. The summed E-state index contributed by atoms with van der Waals surface area (Å²) in [5, 5.41) is 6.76. The summed E-state index contributed by atoms with van der Waals surface area (Å²) in [6.45, 7) is 1.88. The number of primary amides is 1. The molecule has 0 aromatic carbocycles. The average molecular weight is 281 g/mol. The highest BCUT2D eigenvalue weighted by Gasteiger charge is 2.13. The molecule has 0 spiro atoms. The SMILES string of the molecule is Cc1ccsc1C(=O)Nc1nc(CC(N)=O)cs1. The van der Waals surface area contributed by atoms with E-state index in [-0.39, 0.29) is 12.3 Å². The maximum atomic E-state index is 11.9. The van der Waals surface area contributed by atoms with Crippen LogP contribution in [0.5, 0.6) is 0 Å². The zero-order valence-electron chi connectivity index (χ0n) is 9.60. The lowest BCUT2D eigenvalue weighted by Gasteiger charge is -1.99. The summed E-state index contributed by atoms with van der Waals surface area (Å²) in [5.41, 5.74) is 6.58. The smallest absolute Gasteiger partial charge is 0.267 e. The van der Waals surface area contributed by atoms with E-state index in [1.54, 1.807) is 5.38 Å². The van der Waals surface area contributed by atoms with Crippen molar-refractivity contribution in [2.75, 3.05) is 5.32 Å². The summed E-state index contributed by atoms with van der Waals surface area (Å²) in [5.74, 6) is -0.616. The minimum atomic E-state index is -0.438. The molecule has 2 amide bonds. The van der Waals surface area contributed by atoms with Crippen molar-refractivity contribution in [2.45, 2.75) is 13.3 Å². The molecule has 0 fully saturated rings. The minimum absolute atomic E-state index is 0.0877. The fraction of sp³-hybridized carbons (Fsp3) is 0.182. The van der Waals surface area contributed by atoms with Gasteiger partial charge in [-0.15, -0.1) is 22.7 Å². The van der Waals surface area contributed by atoms with Crippen molar-refractivity contribution >= 4 is 39.6 Å². The second-order valence-electron chi connectivity index (χ2n) is 3.67. The largest absolute Gasteiger partial charge is 0.369 e. The van der Waals surface area contributed by atoms with Crippen LogP contribution in [-0.2, 0) is 11.2 Å². The summed E-state index contributed by atoms with van der Waals surface area (Å²) in [4.78, 5) is 27.4. The Bertz CT molecular complexity index is 589. The number of carbonyl (C=O) groups is 2. The van der Waals surface area contributed by atoms with E-state index < -0.39 is 5.91 Å². The summed E-state index contributed by atoms with van der Waals surface area (Å²) in [6, 6.07) is 1.89. The first-order chi connectivity index (χ1) is 8.56. The zero-order chi connectivity index (χ0) is 13.1. The highest BCUT2D eigenvalue weighted by molar-refractivity contribution is 7.14. The zero-order valence-corrected chi connectivity index (χ0v) is 11.2. The predicted molar refractivity (Wildman–Crippen MR) is 72.0 cm³/mol. The lowest BCUT2D eigenvalue weighted by molar-refractivity contribution is -0.117. The first-order valence-electron chi connectivity index (χ1n) is 5.14. The first-order valence-corrected chi connectivity index (χ1v) is 6.90. The van der Waals surface area contributed by atoms with Crippen LogP contribution in [0.15, 0.2) is 16.8 Å². The standard InChI is InChI=1S/C11H11N3O2S2/c1-6-2-3-17-9(6)10(16)14-11-13-7(5-18-11)4-8(12)15/h2-3,5H,4H2,1H3,(H2,12,15)(H,13,14,16). The van der Waals surface area contributed by atoms with E-state index in [0.29, 0.717) is 15.7 Å². The van der Waals surface area contributed by atoms with Crippen LogP contribution in [0.25, 0.3) is 0 Å². The normalized spacial score (nSPS) is 10.3. The first kappa shape index (κ1) is 12.7. The number of nitrogens with zero attached hydrogens (tertiary/aromatic N) is 1. The molecule has 5 nitrogen and oxygen atoms in total. The molecule has 0 saturated carbocycles. The van der Waals surface area contributed by atoms with Gasteiger partial charge in [-0.25, -0.2) is 4.98 Å². The second-order valence-corrected chi connectivity index (χ2v) is 5.45. The quantitative estimate of drug-likeness (QED) is 0.896. The number of hydrogen-bond donors (Lipinski definition) is 2. The van der Waals surface area contributed by atoms with Gasteiger partial charge in [-0.2, -0.15) is 0 Å². The van der Waals surface area contributed by atoms with Gasteiger partial charge in [0.15, 0.2) is 5.13 Å². The Hall–Kier alpha value is -1.73. The number of aromatic nitrogens is 1. The maximum absolute atomic E-state index is 11.9. The molecule has 0 radical (unpaired) electrons. The number of rotatable bonds is 4. The Kier molecular flexibility index (Phi) is 3.73. The Balaban J connectivity index is 2.06. The Labute approximate surface area is 112 Å². The van der Waals surface area contributed by atoms with Crippen LogP contribution in [0.4, 0.5) is 5.13 Å². The molecule has 2 heterocycles. The van der Waals surface area contributed by atoms with E-state index in [4.69, 9.17) is 5.73 Å². The molecule has 2 aromatic rings. The predicted octanol–water partition coefficient (Wildman–Crippen LogP) is 1.79. The van der Waals surface area contributed by atoms with Gasteiger partial charge in [0, 0.05) is 5.38 Å². The van der Waals surface area contributed by atoms with Crippen LogP contribution >= 0.6 is 22.7 Å². The molecule has 0 aliphatic rings. The minimum Gasteiger partial charge on any atom is -0.369 e. The van der Waals surface area contributed by atoms with Crippen molar-refractivity contribution in [3.05, 3.63) is 33.0 Å². The number of thiophene rings is 1. The van der Waals surface area contributed by atoms with Gasteiger partial charge in [-0.1, -0.05) is 0 Å². The summed E-state index contributed by atoms with van der Waals surface area (Å²) >= 11 is 2.66. The monoisotopic (exact) mass is 281 g/mol. The molecule has 0 aliphatic carbocycles. The molecule has 0 bridgehead atoms. The highest BCUT2D eigenvalue weighted by Crippen LogP contribution is 2.20. The average Bonchev–Trinajstić information content (AvgIpc) is 2.87. The molecular formula is C11H11N3O2S2. The molecule has 0 atom stereocenters. The maximum Gasteiger partial charge on any atom is 0.267 e. The van der Waals surface area contributed by atoms with E-state index in [1.165, 1.54) is 22.7 Å². The molecule has 2 rings (SSSR count). The molecule has 2 aromatic heterocycles. The van der Waals surface area contributed by atoms with Crippen LogP contribution < -0.4 is 11.1 Å². The summed E-state index contributed by atoms with van der Waals surface area (Å²) in [7, 11) is 0. The van der Waals surface area contributed by atoms with E-state index >= 15 is 0 Å². The number of carbonyl (C=O) groups excluding carboxylic acids is 2. The summed E-state index contributed by atoms with van der Waals surface area (Å²) in [6.07, 6.45) is 0.0877. The van der Waals surface area contributed by atoms with Gasteiger partial charge in [0.2, 0.25) is 5.91 Å². The van der Waals surface area contributed by atoms with Crippen LogP contribution in [-0.4, -0.2) is 16.8 Å². The third-order valence-corrected chi connectivity index (χ3v) is 4.02. The number of nitrogens with two attached hydrogens (primary N) is 1. The van der Waals surface area contributed by atoms with Crippen LogP contribution in [0, 0.1) is 6.92 Å². The van der Waals surface area contributed by atoms with Gasteiger partial charge in [-0.05, 0) is 23.9 Å². The van der Waals surface area contributed by atoms with Gasteiger partial charge in [0.05, 0.1) is 17.0 Å². The molecule has 18 heavy (non-hydrogen) atoms. The number of hydrogen-bond acceptors (Lipinski definition) is 5. The van der Waals surface area contributed by atoms with E-state index in [2.05, 4.69) is 10.3 Å².